The third kappa shape index (κ3) is 2.82. The van der Waals surface area contributed by atoms with Gasteiger partial charge in [0.2, 0.25) is 0 Å². The van der Waals surface area contributed by atoms with Crippen LogP contribution in [0.1, 0.15) is 14.8 Å². The van der Waals surface area contributed by atoms with Gasteiger partial charge in [-0.1, -0.05) is 22.7 Å². The smallest absolute Gasteiger partial charge is 0.254 e. The Hall–Kier alpha value is -2.91. The van der Waals surface area contributed by atoms with Crippen molar-refractivity contribution < 1.29 is 4.79 Å². The number of hydrogen-bond acceptors (Lipinski definition) is 9. The second-order valence-electron chi connectivity index (χ2n) is 4.64. The largest absolute Gasteiger partial charge is 0.283 e. The third-order valence-electron chi connectivity index (χ3n) is 3.06. The van der Waals surface area contributed by atoms with Gasteiger partial charge in [-0.15, -0.1) is 20.4 Å². The Bertz CT molecular complexity index is 904. The summed E-state index contributed by atoms with van der Waals surface area (Å²) in [6.07, 6.45) is 6.72. The third-order valence-corrected chi connectivity index (χ3v) is 5.00. The highest BCUT2D eigenvalue weighted by atomic mass is 32.1. The lowest BCUT2D eigenvalue weighted by Gasteiger charge is -1.91. The van der Waals surface area contributed by atoms with Crippen LogP contribution in [-0.4, -0.2) is 36.1 Å². The zero-order valence-corrected chi connectivity index (χ0v) is 13.7. The first-order valence-electron chi connectivity index (χ1n) is 6.84. The zero-order chi connectivity index (χ0) is 16.4. The summed E-state index contributed by atoms with van der Waals surface area (Å²) in [4.78, 5) is 20.6. The van der Waals surface area contributed by atoms with Crippen molar-refractivity contribution in [2.75, 3.05) is 0 Å². The van der Waals surface area contributed by atoms with Crippen LogP contribution >= 0.6 is 22.7 Å². The van der Waals surface area contributed by atoms with Crippen molar-refractivity contribution in [2.24, 2.45) is 0 Å². The van der Waals surface area contributed by atoms with E-state index in [9.17, 15) is 4.79 Å². The summed E-state index contributed by atoms with van der Waals surface area (Å²) in [5.41, 5.74) is 1.64. The first kappa shape index (κ1) is 14.7. The second-order valence-corrected chi connectivity index (χ2v) is 6.59. The minimum absolute atomic E-state index is 0.280. The summed E-state index contributed by atoms with van der Waals surface area (Å²) < 4.78 is 0. The molecule has 0 bridgehead atoms. The second kappa shape index (κ2) is 6.30. The Morgan fingerprint density at radius 3 is 1.67 bits per heavy atom. The minimum atomic E-state index is -0.282. The molecular formula is C15H8N6OS2. The summed E-state index contributed by atoms with van der Waals surface area (Å²) in [6.45, 7) is 0. The molecule has 4 aromatic rings. The molecule has 4 aromatic heterocycles. The molecule has 0 saturated heterocycles. The number of nitrogens with zero attached hydrogens (tertiary/aromatic N) is 6. The molecule has 0 aliphatic rings. The summed E-state index contributed by atoms with van der Waals surface area (Å²) in [5, 5.41) is 17.9. The molecule has 0 saturated carbocycles. The molecule has 7 nitrogen and oxygen atoms in total. The van der Waals surface area contributed by atoms with E-state index in [0.717, 1.165) is 11.1 Å². The molecule has 0 atom stereocenters. The number of pyridine rings is 2. The molecule has 9 heteroatoms. The molecule has 0 aliphatic carbocycles. The Morgan fingerprint density at radius 2 is 1.25 bits per heavy atom. The van der Waals surface area contributed by atoms with Gasteiger partial charge in [-0.2, -0.15) is 0 Å². The van der Waals surface area contributed by atoms with E-state index in [2.05, 4.69) is 30.4 Å². The highest BCUT2D eigenvalue weighted by Gasteiger charge is 2.20. The van der Waals surface area contributed by atoms with E-state index in [1.54, 1.807) is 24.8 Å². The van der Waals surface area contributed by atoms with E-state index >= 15 is 0 Å². The van der Waals surface area contributed by atoms with Gasteiger partial charge in [-0.05, 0) is 24.3 Å². The number of rotatable bonds is 4. The fourth-order valence-corrected chi connectivity index (χ4v) is 3.55. The van der Waals surface area contributed by atoms with Gasteiger partial charge in [0.15, 0.2) is 10.0 Å². The van der Waals surface area contributed by atoms with Gasteiger partial charge in [0.05, 0.1) is 0 Å². The van der Waals surface area contributed by atoms with Gasteiger partial charge in [-0.25, -0.2) is 0 Å². The number of ketones is 1. The van der Waals surface area contributed by atoms with Crippen LogP contribution in [0.4, 0.5) is 0 Å². The molecule has 0 spiro atoms. The van der Waals surface area contributed by atoms with Crippen molar-refractivity contribution in [1.29, 1.82) is 0 Å². The molecule has 0 aliphatic heterocycles. The Labute approximate surface area is 144 Å². The molecule has 0 amide bonds. The lowest BCUT2D eigenvalue weighted by atomic mass is 10.3. The van der Waals surface area contributed by atoms with Crippen molar-refractivity contribution in [1.82, 2.24) is 30.4 Å². The molecular weight excluding hydrogens is 344 g/mol. The number of carbonyl (C=O) groups is 1. The van der Waals surface area contributed by atoms with E-state index in [4.69, 9.17) is 0 Å². The maximum atomic E-state index is 12.5. The monoisotopic (exact) mass is 352 g/mol. The maximum Gasteiger partial charge on any atom is 0.254 e. The summed E-state index contributed by atoms with van der Waals surface area (Å²) in [5.74, 6) is -0.282. The summed E-state index contributed by atoms with van der Waals surface area (Å²) in [6, 6.07) is 7.35. The van der Waals surface area contributed by atoms with E-state index in [1.165, 1.54) is 22.7 Å². The average molecular weight is 352 g/mol. The maximum absolute atomic E-state index is 12.5. The molecule has 0 fully saturated rings. The van der Waals surface area contributed by atoms with Crippen molar-refractivity contribution in [3.8, 4) is 21.1 Å². The SMILES string of the molecule is O=C(c1nnc(-c2cccnc2)s1)c1nnc(-c2cccnc2)s1. The minimum Gasteiger partial charge on any atom is -0.283 e. The van der Waals surface area contributed by atoms with E-state index < -0.39 is 0 Å². The predicted octanol–water partition coefficient (Wildman–Crippen LogP) is 2.74. The molecule has 0 radical (unpaired) electrons. The van der Waals surface area contributed by atoms with Crippen LogP contribution in [-0.2, 0) is 0 Å². The Balaban J connectivity index is 1.61. The van der Waals surface area contributed by atoms with Crippen LogP contribution in [0.25, 0.3) is 21.1 Å². The molecule has 0 unspecified atom stereocenters. The topological polar surface area (TPSA) is 94.4 Å². The Morgan fingerprint density at radius 1 is 0.750 bits per heavy atom. The Kier molecular flexibility index (Phi) is 3.85. The van der Waals surface area contributed by atoms with E-state index in [0.29, 0.717) is 10.0 Å². The zero-order valence-electron chi connectivity index (χ0n) is 12.0. The fraction of sp³-hybridized carbons (Fsp3) is 0. The van der Waals surface area contributed by atoms with Crippen LogP contribution < -0.4 is 0 Å². The van der Waals surface area contributed by atoms with Crippen LogP contribution in [0.3, 0.4) is 0 Å². The molecule has 116 valence electrons. The normalized spacial score (nSPS) is 10.7. The lowest BCUT2D eigenvalue weighted by Crippen LogP contribution is -1.99. The number of aromatic nitrogens is 6. The van der Waals surface area contributed by atoms with Crippen molar-refractivity contribution >= 4 is 28.5 Å². The van der Waals surface area contributed by atoms with Crippen molar-refractivity contribution in [2.45, 2.75) is 0 Å². The summed E-state index contributed by atoms with van der Waals surface area (Å²) >= 11 is 2.42. The van der Waals surface area contributed by atoms with E-state index in [-0.39, 0.29) is 15.8 Å². The molecule has 4 rings (SSSR count). The fourth-order valence-electron chi connectivity index (χ4n) is 1.93. The molecule has 4 heterocycles. The predicted molar refractivity (Wildman–Crippen MR) is 89.7 cm³/mol. The first-order valence-corrected chi connectivity index (χ1v) is 8.47. The van der Waals surface area contributed by atoms with Gasteiger partial charge < -0.3 is 0 Å². The first-order chi connectivity index (χ1) is 11.8. The quantitative estimate of drug-likeness (QED) is 0.521. The van der Waals surface area contributed by atoms with Crippen molar-refractivity contribution in [3.63, 3.8) is 0 Å². The van der Waals surface area contributed by atoms with Crippen LogP contribution in [0.2, 0.25) is 0 Å². The molecule has 0 N–H and O–H groups in total. The average Bonchev–Trinajstić information content (AvgIpc) is 3.33. The van der Waals surface area contributed by atoms with Crippen LogP contribution in [0.5, 0.6) is 0 Å². The van der Waals surface area contributed by atoms with E-state index in [1.807, 2.05) is 24.3 Å². The van der Waals surface area contributed by atoms with Gasteiger partial charge in [0, 0.05) is 35.9 Å². The summed E-state index contributed by atoms with van der Waals surface area (Å²) in [7, 11) is 0. The highest BCUT2D eigenvalue weighted by Crippen LogP contribution is 2.27. The van der Waals surface area contributed by atoms with Gasteiger partial charge in [-0.3, -0.25) is 14.8 Å². The standard InChI is InChI=1S/C15H8N6OS2/c22-11(14-20-18-12(23-14)9-3-1-5-16-7-9)15-21-19-13(24-15)10-4-2-6-17-8-10/h1-8H. The lowest BCUT2D eigenvalue weighted by molar-refractivity contribution is 0.103. The number of hydrogen-bond donors (Lipinski definition) is 0. The van der Waals surface area contributed by atoms with Crippen molar-refractivity contribution in [3.05, 3.63) is 59.1 Å². The number of carbonyl (C=O) groups excluding carboxylic acids is 1. The molecule has 24 heavy (non-hydrogen) atoms. The molecule has 0 aromatic carbocycles. The van der Waals surface area contributed by atoms with Gasteiger partial charge >= 0.3 is 0 Å². The highest BCUT2D eigenvalue weighted by molar-refractivity contribution is 7.19. The van der Waals surface area contributed by atoms with Crippen LogP contribution in [0.15, 0.2) is 49.1 Å². The van der Waals surface area contributed by atoms with Gasteiger partial charge in [0.25, 0.3) is 5.78 Å². The van der Waals surface area contributed by atoms with Gasteiger partial charge in [0.1, 0.15) is 10.0 Å². The van der Waals surface area contributed by atoms with Crippen LogP contribution in [0, 0.1) is 0 Å².